The fraction of sp³-hybridized carbons (Fsp3) is 0.0833. The molecule has 2 N–H and O–H groups in total. The smallest absolute Gasteiger partial charge is 0.270 e. The minimum Gasteiger partial charge on any atom is -0.338 e. The van der Waals surface area contributed by atoms with Crippen LogP contribution in [0.15, 0.2) is 34.8 Å². The molecule has 0 unspecified atom stereocenters. The lowest BCUT2D eigenvalue weighted by atomic mass is 10.1. The number of benzene rings is 1. The van der Waals surface area contributed by atoms with E-state index in [4.69, 9.17) is 5.26 Å². The van der Waals surface area contributed by atoms with Crippen LogP contribution in [0.4, 0.5) is 0 Å². The molecule has 2 rings (SSSR count). The highest BCUT2D eigenvalue weighted by atomic mass is 79.9. The number of amides is 1. The summed E-state index contributed by atoms with van der Waals surface area (Å²) < 4.78 is 0.980. The second-order valence-corrected chi connectivity index (χ2v) is 4.43. The Hall–Kier alpha value is -2.13. The van der Waals surface area contributed by atoms with E-state index >= 15 is 0 Å². The zero-order valence-corrected chi connectivity index (χ0v) is 10.9. The van der Waals surface area contributed by atoms with Gasteiger partial charge in [-0.3, -0.25) is 9.89 Å². The number of hydrogen-bond donors (Lipinski definition) is 2. The summed E-state index contributed by atoms with van der Waals surface area (Å²) in [6, 6.07) is 11.1. The fourth-order valence-corrected chi connectivity index (χ4v) is 1.69. The molecule has 0 radical (unpaired) electrons. The van der Waals surface area contributed by atoms with Crippen molar-refractivity contribution in [2.75, 3.05) is 6.54 Å². The van der Waals surface area contributed by atoms with E-state index in [-0.39, 0.29) is 12.5 Å². The van der Waals surface area contributed by atoms with Gasteiger partial charge in [-0.1, -0.05) is 28.1 Å². The van der Waals surface area contributed by atoms with Gasteiger partial charge in [-0.05, 0) is 18.2 Å². The second kappa shape index (κ2) is 5.47. The highest BCUT2D eigenvalue weighted by molar-refractivity contribution is 9.10. The number of halogens is 1. The topological polar surface area (TPSA) is 81.6 Å². The number of carbonyl (C=O) groups excluding carboxylic acids is 1. The number of nitriles is 1. The Balaban J connectivity index is 2.18. The largest absolute Gasteiger partial charge is 0.338 e. The second-order valence-electron chi connectivity index (χ2n) is 3.51. The molecule has 0 aliphatic carbocycles. The molecule has 0 aliphatic heterocycles. The van der Waals surface area contributed by atoms with E-state index in [2.05, 4.69) is 31.4 Å². The zero-order chi connectivity index (χ0) is 13.0. The quantitative estimate of drug-likeness (QED) is 0.852. The number of nitrogens with one attached hydrogen (secondary N) is 2. The maximum atomic E-state index is 11.6. The molecular formula is C12H9BrN4O. The number of hydrogen-bond acceptors (Lipinski definition) is 3. The normalized spacial score (nSPS) is 9.78. The van der Waals surface area contributed by atoms with Crippen LogP contribution < -0.4 is 5.32 Å². The van der Waals surface area contributed by atoms with E-state index in [9.17, 15) is 4.79 Å². The van der Waals surface area contributed by atoms with Crippen LogP contribution >= 0.6 is 15.9 Å². The predicted molar refractivity (Wildman–Crippen MR) is 69.7 cm³/mol. The fourth-order valence-electron chi connectivity index (χ4n) is 1.42. The Kier molecular flexibility index (Phi) is 3.75. The number of H-pyrrole nitrogens is 1. The number of rotatable bonds is 3. The van der Waals surface area contributed by atoms with Crippen molar-refractivity contribution in [2.24, 2.45) is 0 Å². The van der Waals surface area contributed by atoms with Gasteiger partial charge in [0.05, 0.1) is 11.8 Å². The highest BCUT2D eigenvalue weighted by Crippen LogP contribution is 2.20. The van der Waals surface area contributed by atoms with Crippen LogP contribution in [-0.4, -0.2) is 22.6 Å². The third-order valence-corrected chi connectivity index (χ3v) is 2.82. The van der Waals surface area contributed by atoms with Crippen LogP contribution in [0, 0.1) is 11.3 Å². The number of nitrogens with zero attached hydrogens (tertiary/aromatic N) is 2. The van der Waals surface area contributed by atoms with Gasteiger partial charge < -0.3 is 5.32 Å². The molecule has 0 spiro atoms. The van der Waals surface area contributed by atoms with Crippen LogP contribution in [0.2, 0.25) is 0 Å². The molecule has 0 fully saturated rings. The Labute approximate surface area is 112 Å². The molecule has 0 bridgehead atoms. The molecule has 0 saturated carbocycles. The van der Waals surface area contributed by atoms with Gasteiger partial charge in [-0.15, -0.1) is 0 Å². The van der Waals surface area contributed by atoms with E-state index in [1.54, 1.807) is 6.07 Å². The minimum absolute atomic E-state index is 0.0224. The van der Waals surface area contributed by atoms with Crippen LogP contribution in [0.3, 0.4) is 0 Å². The first-order valence-corrected chi connectivity index (χ1v) is 5.96. The van der Waals surface area contributed by atoms with Crippen LogP contribution in [0.25, 0.3) is 11.3 Å². The van der Waals surface area contributed by atoms with Crippen molar-refractivity contribution in [3.63, 3.8) is 0 Å². The lowest BCUT2D eigenvalue weighted by Gasteiger charge is -1.96. The minimum atomic E-state index is -0.340. The van der Waals surface area contributed by atoms with Gasteiger partial charge in [-0.25, -0.2) is 0 Å². The summed E-state index contributed by atoms with van der Waals surface area (Å²) in [6.07, 6.45) is 0. The summed E-state index contributed by atoms with van der Waals surface area (Å²) in [5.41, 5.74) is 1.93. The van der Waals surface area contributed by atoms with Crippen molar-refractivity contribution in [1.29, 1.82) is 5.26 Å². The summed E-state index contributed by atoms with van der Waals surface area (Å²) in [4.78, 5) is 11.6. The Morgan fingerprint density at radius 1 is 1.44 bits per heavy atom. The molecule has 1 aromatic heterocycles. The van der Waals surface area contributed by atoms with Crippen molar-refractivity contribution in [3.8, 4) is 17.3 Å². The van der Waals surface area contributed by atoms with E-state index < -0.39 is 0 Å². The summed E-state index contributed by atoms with van der Waals surface area (Å²) in [5, 5.41) is 17.5. The van der Waals surface area contributed by atoms with Crippen molar-refractivity contribution in [2.45, 2.75) is 0 Å². The van der Waals surface area contributed by atoms with Crippen molar-refractivity contribution in [1.82, 2.24) is 15.5 Å². The summed E-state index contributed by atoms with van der Waals surface area (Å²) in [7, 11) is 0. The Bertz CT molecular complexity index is 597. The van der Waals surface area contributed by atoms with Gasteiger partial charge in [0, 0.05) is 10.0 Å². The monoisotopic (exact) mass is 304 g/mol. The molecule has 5 nitrogen and oxygen atoms in total. The van der Waals surface area contributed by atoms with Crippen molar-refractivity contribution < 1.29 is 4.79 Å². The average Bonchev–Trinajstić information content (AvgIpc) is 2.86. The Morgan fingerprint density at radius 3 is 2.83 bits per heavy atom. The average molecular weight is 305 g/mol. The lowest BCUT2D eigenvalue weighted by molar-refractivity contribution is 0.0953. The summed E-state index contributed by atoms with van der Waals surface area (Å²) in [6.45, 7) is -0.0224. The maximum Gasteiger partial charge on any atom is 0.270 e. The first kappa shape index (κ1) is 12.3. The van der Waals surface area contributed by atoms with Gasteiger partial charge in [0.1, 0.15) is 12.2 Å². The van der Waals surface area contributed by atoms with Gasteiger partial charge in [-0.2, -0.15) is 10.4 Å². The zero-order valence-electron chi connectivity index (χ0n) is 9.27. The molecule has 0 atom stereocenters. The summed E-state index contributed by atoms with van der Waals surface area (Å²) >= 11 is 3.35. The van der Waals surface area contributed by atoms with Crippen LogP contribution in [-0.2, 0) is 0 Å². The van der Waals surface area contributed by atoms with Crippen LogP contribution in [0.5, 0.6) is 0 Å². The highest BCUT2D eigenvalue weighted by Gasteiger charge is 2.10. The molecule has 1 aromatic carbocycles. The molecule has 0 saturated heterocycles. The third-order valence-electron chi connectivity index (χ3n) is 2.29. The van der Waals surface area contributed by atoms with Crippen molar-refractivity contribution >= 4 is 21.8 Å². The molecule has 1 amide bonds. The maximum absolute atomic E-state index is 11.6. The Morgan fingerprint density at radius 2 is 2.17 bits per heavy atom. The summed E-state index contributed by atoms with van der Waals surface area (Å²) in [5.74, 6) is -0.340. The molecule has 18 heavy (non-hydrogen) atoms. The molecule has 0 aliphatic rings. The molecule has 90 valence electrons. The van der Waals surface area contributed by atoms with E-state index in [0.29, 0.717) is 11.4 Å². The number of carbonyl (C=O) groups is 1. The molecule has 1 heterocycles. The first-order valence-electron chi connectivity index (χ1n) is 5.17. The molecular weight excluding hydrogens is 296 g/mol. The predicted octanol–water partition coefficient (Wildman–Crippen LogP) is 2.09. The van der Waals surface area contributed by atoms with Crippen LogP contribution in [0.1, 0.15) is 10.5 Å². The van der Waals surface area contributed by atoms with E-state index in [1.807, 2.05) is 30.3 Å². The van der Waals surface area contributed by atoms with E-state index in [0.717, 1.165) is 10.0 Å². The van der Waals surface area contributed by atoms with Gasteiger partial charge in [0.15, 0.2) is 0 Å². The van der Waals surface area contributed by atoms with Gasteiger partial charge in [0.25, 0.3) is 5.91 Å². The molecule has 2 aromatic rings. The standard InChI is InChI=1S/C12H9BrN4O/c13-9-3-1-8(2-4-9)10-7-11(17-16-10)12(18)15-6-5-14/h1-4,7H,6H2,(H,15,18)(H,16,17). The third kappa shape index (κ3) is 2.76. The number of aromatic nitrogens is 2. The lowest BCUT2D eigenvalue weighted by Crippen LogP contribution is -2.23. The SMILES string of the molecule is N#CCNC(=O)c1cc(-c2ccc(Br)cc2)n[nH]1. The van der Waals surface area contributed by atoms with Crippen molar-refractivity contribution in [3.05, 3.63) is 40.5 Å². The molecule has 6 heteroatoms. The van der Waals surface area contributed by atoms with E-state index in [1.165, 1.54) is 0 Å². The van der Waals surface area contributed by atoms with Gasteiger partial charge >= 0.3 is 0 Å². The van der Waals surface area contributed by atoms with Gasteiger partial charge in [0.2, 0.25) is 0 Å². The first-order chi connectivity index (χ1) is 8.70. The number of aromatic amines is 1.